The van der Waals surface area contributed by atoms with Crippen LogP contribution in [0.4, 0.5) is 18.9 Å². The number of hydrogen-bond donors (Lipinski definition) is 3. The van der Waals surface area contributed by atoms with Gasteiger partial charge in [0.15, 0.2) is 5.82 Å². The molecule has 0 saturated carbocycles. The first-order chi connectivity index (χ1) is 19.4. The maximum Gasteiger partial charge on any atom is 0.573 e. The van der Waals surface area contributed by atoms with Crippen LogP contribution in [0.3, 0.4) is 0 Å². The third-order valence-electron chi connectivity index (χ3n) is 7.29. The van der Waals surface area contributed by atoms with Crippen LogP contribution in [0, 0.1) is 0 Å². The summed E-state index contributed by atoms with van der Waals surface area (Å²) in [5, 5.41) is 10.8. The van der Waals surface area contributed by atoms with Crippen LogP contribution in [0.1, 0.15) is 42.3 Å². The molecule has 41 heavy (non-hydrogen) atoms. The Balaban J connectivity index is 1.27. The number of rotatable bonds is 6. The average molecular weight is 563 g/mol. The summed E-state index contributed by atoms with van der Waals surface area (Å²) in [6.07, 6.45) is -4.80. The van der Waals surface area contributed by atoms with Crippen molar-refractivity contribution in [2.45, 2.75) is 39.1 Å². The summed E-state index contributed by atoms with van der Waals surface area (Å²) in [7, 11) is 0. The number of anilines is 1. The van der Waals surface area contributed by atoms with E-state index in [-0.39, 0.29) is 18.2 Å². The number of nitrogens with one attached hydrogen (secondary N) is 3. The number of nitrogens with zero attached hydrogens (tertiary/aromatic N) is 3. The van der Waals surface area contributed by atoms with Gasteiger partial charge < -0.3 is 19.9 Å². The topological polar surface area (TPSA) is 116 Å². The Hall–Kier alpha value is -4.87. The summed E-state index contributed by atoms with van der Waals surface area (Å²) in [6.45, 7) is 6.32. The highest BCUT2D eigenvalue weighted by Crippen LogP contribution is 2.43. The lowest BCUT2D eigenvalue weighted by molar-refractivity contribution is -0.274. The van der Waals surface area contributed by atoms with Gasteiger partial charge in [0, 0.05) is 24.0 Å². The zero-order valence-corrected chi connectivity index (χ0v) is 22.3. The zero-order chi connectivity index (χ0) is 29.1. The lowest BCUT2D eigenvalue weighted by Crippen LogP contribution is -2.35. The van der Waals surface area contributed by atoms with Crippen LogP contribution >= 0.6 is 0 Å². The van der Waals surface area contributed by atoms with Crippen molar-refractivity contribution in [1.82, 2.24) is 25.5 Å². The van der Waals surface area contributed by atoms with E-state index >= 15 is 0 Å². The van der Waals surface area contributed by atoms with E-state index in [0.29, 0.717) is 45.6 Å². The molecule has 0 atom stereocenters. The molecule has 3 N–H and O–H groups in total. The number of H-pyrrole nitrogens is 2. The number of aromatic nitrogens is 4. The normalized spacial score (nSPS) is 14.6. The number of carbonyl (C=O) groups excluding carboxylic acids is 2. The first kappa shape index (κ1) is 26.4. The SMILES string of the molecule is CCN1C(=O)C(C)(C)c2cc3nc(-c4n[nH]c5ccc(C(=O)NCc6cccc(OC(F)(F)F)c6)cc45)[nH]c3cc21. The molecule has 0 aliphatic carbocycles. The van der Waals surface area contributed by atoms with Gasteiger partial charge in [-0.05, 0) is 74.4 Å². The maximum absolute atomic E-state index is 12.9. The number of alkyl halides is 3. The lowest BCUT2D eigenvalue weighted by Gasteiger charge is -2.18. The van der Waals surface area contributed by atoms with Gasteiger partial charge in [0.05, 0.1) is 27.7 Å². The molecule has 3 aromatic carbocycles. The first-order valence-corrected chi connectivity index (χ1v) is 12.9. The van der Waals surface area contributed by atoms with Crippen LogP contribution in [0.2, 0.25) is 0 Å². The molecular weight excluding hydrogens is 537 g/mol. The second-order valence-corrected chi connectivity index (χ2v) is 10.4. The van der Waals surface area contributed by atoms with Crippen molar-refractivity contribution in [1.29, 1.82) is 0 Å². The number of benzene rings is 3. The molecule has 2 aromatic heterocycles. The zero-order valence-electron chi connectivity index (χ0n) is 22.3. The van der Waals surface area contributed by atoms with Gasteiger partial charge in [-0.15, -0.1) is 13.2 Å². The molecule has 0 saturated heterocycles. The van der Waals surface area contributed by atoms with Gasteiger partial charge in [-0.2, -0.15) is 5.10 Å². The molecule has 12 heteroatoms. The minimum absolute atomic E-state index is 0.00599. The van der Waals surface area contributed by atoms with E-state index in [9.17, 15) is 22.8 Å². The molecule has 2 amide bonds. The first-order valence-electron chi connectivity index (χ1n) is 12.9. The Morgan fingerprint density at radius 3 is 2.66 bits per heavy atom. The minimum atomic E-state index is -4.80. The van der Waals surface area contributed by atoms with E-state index in [0.717, 1.165) is 16.8 Å². The molecule has 0 fully saturated rings. The number of hydrogen-bond acceptors (Lipinski definition) is 5. The van der Waals surface area contributed by atoms with Gasteiger partial charge in [0.1, 0.15) is 11.4 Å². The Labute approximate surface area is 231 Å². The molecule has 9 nitrogen and oxygen atoms in total. The third kappa shape index (κ3) is 4.64. The number of halogens is 3. The molecule has 1 aliphatic heterocycles. The van der Waals surface area contributed by atoms with Crippen LogP contribution in [-0.2, 0) is 16.8 Å². The molecule has 0 spiro atoms. The van der Waals surface area contributed by atoms with Crippen molar-refractivity contribution in [3.8, 4) is 17.3 Å². The van der Waals surface area contributed by atoms with E-state index < -0.39 is 17.7 Å². The third-order valence-corrected chi connectivity index (χ3v) is 7.29. The molecule has 3 heterocycles. The predicted molar refractivity (Wildman–Crippen MR) is 147 cm³/mol. The Kier molecular flexibility index (Phi) is 6.02. The summed E-state index contributed by atoms with van der Waals surface area (Å²) in [6, 6.07) is 14.3. The second-order valence-electron chi connectivity index (χ2n) is 10.4. The number of fused-ring (bicyclic) bond motifs is 3. The number of carbonyl (C=O) groups is 2. The number of likely N-dealkylation sites (N-methyl/N-ethyl adjacent to an activating group) is 1. The van der Waals surface area contributed by atoms with Crippen molar-refractivity contribution >= 4 is 39.4 Å². The molecule has 210 valence electrons. The largest absolute Gasteiger partial charge is 0.573 e. The molecule has 6 rings (SSSR count). The van der Waals surface area contributed by atoms with Crippen LogP contribution in [0.25, 0.3) is 33.5 Å². The molecule has 0 unspecified atom stereocenters. The Bertz CT molecular complexity index is 1840. The fraction of sp³-hybridized carbons (Fsp3) is 0.241. The van der Waals surface area contributed by atoms with Crippen LogP contribution < -0.4 is 15.0 Å². The molecule has 0 bridgehead atoms. The quantitative estimate of drug-likeness (QED) is 0.250. The van der Waals surface area contributed by atoms with Gasteiger partial charge in [-0.3, -0.25) is 14.7 Å². The molecule has 1 aliphatic rings. The van der Waals surface area contributed by atoms with E-state index in [4.69, 9.17) is 4.98 Å². The second kappa shape index (κ2) is 9.36. The van der Waals surface area contributed by atoms with E-state index in [1.54, 1.807) is 29.2 Å². The van der Waals surface area contributed by atoms with Gasteiger partial charge in [0.25, 0.3) is 5.91 Å². The number of aromatic amines is 2. The Morgan fingerprint density at radius 1 is 1.10 bits per heavy atom. The molecule has 5 aromatic rings. The smallest absolute Gasteiger partial charge is 0.406 e. The van der Waals surface area contributed by atoms with E-state index in [2.05, 4.69) is 25.2 Å². The van der Waals surface area contributed by atoms with Gasteiger partial charge in [0.2, 0.25) is 5.91 Å². The highest BCUT2D eigenvalue weighted by atomic mass is 19.4. The number of imidazole rings is 1. The number of ether oxygens (including phenoxy) is 1. The van der Waals surface area contributed by atoms with Gasteiger partial charge in [-0.25, -0.2) is 4.98 Å². The maximum atomic E-state index is 12.9. The Morgan fingerprint density at radius 2 is 1.90 bits per heavy atom. The van der Waals surface area contributed by atoms with Crippen LogP contribution in [0.15, 0.2) is 54.6 Å². The lowest BCUT2D eigenvalue weighted by atomic mass is 9.86. The van der Waals surface area contributed by atoms with Crippen molar-refractivity contribution in [3.63, 3.8) is 0 Å². The van der Waals surface area contributed by atoms with E-state index in [1.165, 1.54) is 18.2 Å². The van der Waals surface area contributed by atoms with Crippen LogP contribution in [0.5, 0.6) is 5.75 Å². The van der Waals surface area contributed by atoms with Crippen molar-refractivity contribution in [2.24, 2.45) is 0 Å². The summed E-state index contributed by atoms with van der Waals surface area (Å²) in [4.78, 5) is 35.7. The monoisotopic (exact) mass is 562 g/mol. The highest BCUT2D eigenvalue weighted by molar-refractivity contribution is 6.09. The summed E-state index contributed by atoms with van der Waals surface area (Å²) in [5.74, 6) is -0.216. The van der Waals surface area contributed by atoms with Crippen molar-refractivity contribution < 1.29 is 27.5 Å². The highest BCUT2D eigenvalue weighted by Gasteiger charge is 2.43. The van der Waals surface area contributed by atoms with Gasteiger partial charge >= 0.3 is 6.36 Å². The summed E-state index contributed by atoms with van der Waals surface area (Å²) >= 11 is 0. The van der Waals surface area contributed by atoms with Crippen molar-refractivity contribution in [2.75, 3.05) is 11.4 Å². The van der Waals surface area contributed by atoms with E-state index in [1.807, 2.05) is 32.9 Å². The molecule has 0 radical (unpaired) electrons. The standard InChI is InChI=1S/C29H25F3N6O3/c1-4-38-23-13-22-21(12-19(23)28(2,3)27(38)40)34-25(35-22)24-18-11-16(8-9-20(18)36-37-24)26(39)33-14-15-6-5-7-17(10-15)41-29(30,31)32/h5-13H,4,14H2,1-3H3,(H,33,39)(H,34,35)(H,36,37). The number of amides is 2. The summed E-state index contributed by atoms with van der Waals surface area (Å²) < 4.78 is 41.6. The minimum Gasteiger partial charge on any atom is -0.406 e. The van der Waals surface area contributed by atoms with Crippen LogP contribution in [-0.4, -0.2) is 44.9 Å². The molecular formula is C29H25F3N6O3. The average Bonchev–Trinajstić information content (AvgIpc) is 3.58. The predicted octanol–water partition coefficient (Wildman–Crippen LogP) is 5.58. The summed E-state index contributed by atoms with van der Waals surface area (Å²) in [5.41, 5.74) is 4.56. The fourth-order valence-corrected chi connectivity index (χ4v) is 5.23. The van der Waals surface area contributed by atoms with Gasteiger partial charge in [-0.1, -0.05) is 12.1 Å². The fourth-order valence-electron chi connectivity index (χ4n) is 5.23. The van der Waals surface area contributed by atoms with Crippen molar-refractivity contribution in [3.05, 3.63) is 71.3 Å².